The third kappa shape index (κ3) is 3.54. The molecule has 0 radical (unpaired) electrons. The third-order valence-electron chi connectivity index (χ3n) is 1.10. The highest BCUT2D eigenvalue weighted by molar-refractivity contribution is 8.21. The third-order valence-corrected chi connectivity index (χ3v) is 3.33. The Bertz CT molecular complexity index is 195. The molecule has 0 saturated heterocycles. The van der Waals surface area contributed by atoms with E-state index in [-0.39, 0.29) is 0 Å². The fraction of sp³-hybridized carbons (Fsp3) is 0.375. The molecule has 0 bridgehead atoms. The van der Waals surface area contributed by atoms with Gasteiger partial charge < -0.3 is 0 Å². The van der Waals surface area contributed by atoms with E-state index in [0.717, 1.165) is 9.81 Å². The number of nitrogens with zero attached hydrogens (tertiary/aromatic N) is 1. The van der Waals surface area contributed by atoms with E-state index in [1.54, 1.807) is 29.6 Å². The number of allylic oxidation sites excluding steroid dienone is 2. The van der Waals surface area contributed by atoms with Gasteiger partial charge >= 0.3 is 0 Å². The van der Waals surface area contributed by atoms with Crippen molar-refractivity contribution in [1.82, 2.24) is 0 Å². The first-order valence-corrected chi connectivity index (χ1v) is 5.57. The second-order valence-corrected chi connectivity index (χ2v) is 3.67. The average molecular weight is 185 g/mol. The summed E-state index contributed by atoms with van der Waals surface area (Å²) in [5.41, 5.74) is 0.819. The minimum Gasteiger partial charge on any atom is -0.193 e. The molecule has 0 aromatic carbocycles. The smallest absolute Gasteiger partial charge is 0.0967 e. The zero-order chi connectivity index (χ0) is 8.69. The van der Waals surface area contributed by atoms with E-state index in [2.05, 4.69) is 12.6 Å². The molecule has 0 atom stereocenters. The van der Waals surface area contributed by atoms with Gasteiger partial charge in [-0.1, -0.05) is 6.08 Å². The summed E-state index contributed by atoms with van der Waals surface area (Å²) >= 11 is 3.23. The molecule has 0 unspecified atom stereocenters. The minimum absolute atomic E-state index is 0.674. The van der Waals surface area contributed by atoms with E-state index in [0.29, 0.717) is 6.42 Å². The molecule has 11 heavy (non-hydrogen) atoms. The van der Waals surface area contributed by atoms with E-state index in [4.69, 9.17) is 5.26 Å². The van der Waals surface area contributed by atoms with Gasteiger partial charge in [0.05, 0.1) is 15.9 Å². The normalized spacial score (nSPS) is 8.45. The second-order valence-electron chi connectivity index (χ2n) is 1.78. The zero-order valence-electron chi connectivity index (χ0n) is 6.76. The van der Waals surface area contributed by atoms with Gasteiger partial charge in [-0.15, -0.1) is 30.1 Å². The van der Waals surface area contributed by atoms with Crippen molar-refractivity contribution in [3.8, 4) is 6.07 Å². The molecule has 0 amide bonds. The average Bonchev–Trinajstić information content (AvgIpc) is 2.05. The molecule has 0 rings (SSSR count). The minimum atomic E-state index is 0.674. The largest absolute Gasteiger partial charge is 0.193 e. The van der Waals surface area contributed by atoms with Crippen molar-refractivity contribution in [2.75, 3.05) is 12.5 Å². The monoisotopic (exact) mass is 185 g/mol. The fourth-order valence-corrected chi connectivity index (χ4v) is 2.07. The van der Waals surface area contributed by atoms with E-state index in [9.17, 15) is 0 Å². The lowest BCUT2D eigenvalue weighted by atomic mass is 10.2. The molecule has 0 aliphatic carbocycles. The topological polar surface area (TPSA) is 23.8 Å². The summed E-state index contributed by atoms with van der Waals surface area (Å²) in [5.74, 6) is 0. The first-order chi connectivity index (χ1) is 5.29. The standard InChI is InChI=1S/C8H11NS2/c1-4-5-7(6-9)8(10-2)11-3/h4H,1,5H2,2-3H3. The van der Waals surface area contributed by atoms with Crippen molar-refractivity contribution in [1.29, 1.82) is 5.26 Å². The van der Waals surface area contributed by atoms with Gasteiger partial charge in [0.25, 0.3) is 0 Å². The lowest BCUT2D eigenvalue weighted by Gasteiger charge is -2.00. The summed E-state index contributed by atoms with van der Waals surface area (Å²) in [4.78, 5) is 0. The molecular formula is C8H11NS2. The number of hydrogen-bond acceptors (Lipinski definition) is 3. The highest BCUT2D eigenvalue weighted by atomic mass is 32.2. The van der Waals surface area contributed by atoms with Crippen molar-refractivity contribution in [3.05, 3.63) is 22.5 Å². The number of nitriles is 1. The van der Waals surface area contributed by atoms with Crippen LogP contribution in [0.3, 0.4) is 0 Å². The molecular weight excluding hydrogens is 174 g/mol. The lowest BCUT2D eigenvalue weighted by molar-refractivity contribution is 1.29. The maximum atomic E-state index is 8.71. The van der Waals surface area contributed by atoms with E-state index in [1.165, 1.54) is 0 Å². The van der Waals surface area contributed by atoms with Crippen LogP contribution in [0.4, 0.5) is 0 Å². The van der Waals surface area contributed by atoms with Crippen molar-refractivity contribution in [3.63, 3.8) is 0 Å². The van der Waals surface area contributed by atoms with Crippen LogP contribution in [0.1, 0.15) is 6.42 Å². The molecule has 60 valence electrons. The molecule has 0 heterocycles. The molecule has 0 aliphatic heterocycles. The van der Waals surface area contributed by atoms with Crippen LogP contribution in [0.2, 0.25) is 0 Å². The summed E-state index contributed by atoms with van der Waals surface area (Å²) in [6, 6.07) is 2.17. The Morgan fingerprint density at radius 3 is 2.36 bits per heavy atom. The predicted octanol–water partition coefficient (Wildman–Crippen LogP) is 3.02. The van der Waals surface area contributed by atoms with Crippen molar-refractivity contribution in [2.24, 2.45) is 0 Å². The summed E-state index contributed by atoms with van der Waals surface area (Å²) in [5, 5.41) is 8.71. The van der Waals surface area contributed by atoms with Gasteiger partial charge in [0.2, 0.25) is 0 Å². The summed E-state index contributed by atoms with van der Waals surface area (Å²) in [6.45, 7) is 3.60. The van der Waals surface area contributed by atoms with Crippen LogP contribution >= 0.6 is 23.5 Å². The molecule has 0 spiro atoms. The molecule has 0 aliphatic rings. The van der Waals surface area contributed by atoms with Crippen LogP contribution in [0, 0.1) is 11.3 Å². The lowest BCUT2D eigenvalue weighted by Crippen LogP contribution is -1.79. The van der Waals surface area contributed by atoms with Gasteiger partial charge in [0, 0.05) is 6.42 Å². The van der Waals surface area contributed by atoms with Crippen molar-refractivity contribution >= 4 is 23.5 Å². The molecule has 0 aromatic heterocycles. The van der Waals surface area contributed by atoms with E-state index < -0.39 is 0 Å². The quantitative estimate of drug-likeness (QED) is 0.497. The first kappa shape index (κ1) is 10.7. The maximum Gasteiger partial charge on any atom is 0.0967 e. The number of hydrogen-bond donors (Lipinski definition) is 0. The van der Waals surface area contributed by atoms with Crippen LogP contribution < -0.4 is 0 Å². The van der Waals surface area contributed by atoms with Crippen LogP contribution in [0.15, 0.2) is 22.5 Å². The van der Waals surface area contributed by atoms with Gasteiger partial charge in [0.1, 0.15) is 0 Å². The Hall–Kier alpha value is -0.330. The SMILES string of the molecule is C=CCC(C#N)=C(SC)SC. The summed E-state index contributed by atoms with van der Waals surface area (Å²) in [6.07, 6.45) is 6.39. The second kappa shape index (κ2) is 6.38. The summed E-state index contributed by atoms with van der Waals surface area (Å²) < 4.78 is 1.09. The summed E-state index contributed by atoms with van der Waals surface area (Å²) in [7, 11) is 0. The molecule has 3 heteroatoms. The molecule has 0 fully saturated rings. The van der Waals surface area contributed by atoms with Gasteiger partial charge in [-0.05, 0) is 12.5 Å². The number of thioether (sulfide) groups is 2. The van der Waals surface area contributed by atoms with Crippen LogP contribution in [-0.4, -0.2) is 12.5 Å². The maximum absolute atomic E-state index is 8.71. The van der Waals surface area contributed by atoms with Gasteiger partial charge in [-0.2, -0.15) is 5.26 Å². The Balaban J connectivity index is 4.50. The van der Waals surface area contributed by atoms with E-state index >= 15 is 0 Å². The molecule has 0 N–H and O–H groups in total. The fourth-order valence-electron chi connectivity index (χ4n) is 0.649. The Morgan fingerprint density at radius 2 is 2.09 bits per heavy atom. The Morgan fingerprint density at radius 1 is 1.55 bits per heavy atom. The van der Waals surface area contributed by atoms with Gasteiger partial charge in [-0.3, -0.25) is 0 Å². The van der Waals surface area contributed by atoms with Crippen molar-refractivity contribution < 1.29 is 0 Å². The number of rotatable bonds is 4. The van der Waals surface area contributed by atoms with Crippen molar-refractivity contribution in [2.45, 2.75) is 6.42 Å². The molecule has 1 nitrogen and oxygen atoms in total. The van der Waals surface area contributed by atoms with Gasteiger partial charge in [-0.25, -0.2) is 0 Å². The van der Waals surface area contributed by atoms with E-state index in [1.807, 2.05) is 12.5 Å². The van der Waals surface area contributed by atoms with Crippen LogP contribution in [0.25, 0.3) is 0 Å². The highest BCUT2D eigenvalue weighted by Crippen LogP contribution is 2.28. The molecule has 0 saturated carbocycles. The first-order valence-electron chi connectivity index (χ1n) is 3.12. The van der Waals surface area contributed by atoms with Crippen LogP contribution in [0.5, 0.6) is 0 Å². The Labute approximate surface area is 76.6 Å². The molecule has 0 aromatic rings. The highest BCUT2D eigenvalue weighted by Gasteiger charge is 2.01. The Kier molecular flexibility index (Phi) is 6.19. The van der Waals surface area contributed by atoms with Crippen LogP contribution in [-0.2, 0) is 0 Å². The zero-order valence-corrected chi connectivity index (χ0v) is 8.39. The predicted molar refractivity (Wildman–Crippen MR) is 54.5 cm³/mol. The van der Waals surface area contributed by atoms with Gasteiger partial charge in [0.15, 0.2) is 0 Å².